The van der Waals surface area contributed by atoms with Gasteiger partial charge in [-0.2, -0.15) is 13.2 Å². The Morgan fingerprint density at radius 2 is 1.74 bits per heavy atom. The number of benzene rings is 2. The third-order valence-electron chi connectivity index (χ3n) is 4.70. The average molecular weight is 601 g/mol. The Balaban J connectivity index is 2.12. The molecule has 0 saturated carbocycles. The highest BCUT2D eigenvalue weighted by molar-refractivity contribution is 9.10. The molecular formula is C23H21BrCl3F3N2O2. The zero-order chi connectivity index (χ0) is 25.5. The van der Waals surface area contributed by atoms with E-state index in [0.29, 0.717) is 35.1 Å². The van der Waals surface area contributed by atoms with Crippen LogP contribution in [0.15, 0.2) is 40.9 Å². The lowest BCUT2D eigenvalue weighted by Gasteiger charge is -2.18. The highest BCUT2D eigenvalue weighted by atomic mass is 79.9. The maximum absolute atomic E-state index is 13.7. The van der Waals surface area contributed by atoms with E-state index in [1.807, 2.05) is 0 Å². The van der Waals surface area contributed by atoms with Crippen molar-refractivity contribution in [1.82, 2.24) is 10.6 Å². The van der Waals surface area contributed by atoms with Crippen molar-refractivity contribution in [2.75, 3.05) is 13.1 Å². The predicted octanol–water partition coefficient (Wildman–Crippen LogP) is 8.05. The summed E-state index contributed by atoms with van der Waals surface area (Å²) in [7, 11) is 0. The topological polar surface area (TPSA) is 58.2 Å². The number of halogens is 7. The molecule has 0 aliphatic carbocycles. The van der Waals surface area contributed by atoms with Gasteiger partial charge in [-0.3, -0.25) is 4.79 Å². The third kappa shape index (κ3) is 8.18. The molecule has 0 saturated heterocycles. The van der Waals surface area contributed by atoms with Gasteiger partial charge in [-0.05, 0) is 48.7 Å². The van der Waals surface area contributed by atoms with Gasteiger partial charge in [0.2, 0.25) is 0 Å². The van der Waals surface area contributed by atoms with Crippen LogP contribution < -0.4 is 10.6 Å². The molecule has 0 aliphatic rings. The summed E-state index contributed by atoms with van der Waals surface area (Å²) in [5.41, 5.74) is 0.718. The summed E-state index contributed by atoms with van der Waals surface area (Å²) in [6.45, 7) is 2.64. The second-order valence-corrected chi connectivity index (χ2v) is 9.28. The number of Topliss-reactive ketones (excluding diaryl/α,β-unsaturated/α-hetero) is 1. The van der Waals surface area contributed by atoms with E-state index in [4.69, 9.17) is 34.8 Å². The van der Waals surface area contributed by atoms with Crippen molar-refractivity contribution < 1.29 is 22.8 Å². The van der Waals surface area contributed by atoms with Gasteiger partial charge in [0.25, 0.3) is 0 Å². The van der Waals surface area contributed by atoms with Crippen LogP contribution >= 0.6 is 50.7 Å². The van der Waals surface area contributed by atoms with Gasteiger partial charge in [0.15, 0.2) is 5.78 Å². The van der Waals surface area contributed by atoms with E-state index < -0.39 is 12.1 Å². The van der Waals surface area contributed by atoms with Crippen LogP contribution in [0.3, 0.4) is 0 Å². The summed E-state index contributed by atoms with van der Waals surface area (Å²) in [6, 6.07) is 6.63. The van der Waals surface area contributed by atoms with Crippen molar-refractivity contribution in [3.05, 3.63) is 72.6 Å². The molecule has 0 aliphatic heterocycles. The summed E-state index contributed by atoms with van der Waals surface area (Å²) < 4.78 is 41.6. The average Bonchev–Trinajstić information content (AvgIpc) is 2.74. The van der Waals surface area contributed by atoms with Crippen molar-refractivity contribution >= 4 is 68.6 Å². The number of alkyl halides is 3. The molecule has 0 bridgehead atoms. The minimum Gasteiger partial charge on any atom is -0.338 e. The first-order valence-electron chi connectivity index (χ1n) is 10.2. The molecule has 0 spiro atoms. The molecule has 2 rings (SSSR count). The van der Waals surface area contributed by atoms with E-state index in [2.05, 4.69) is 26.6 Å². The van der Waals surface area contributed by atoms with Crippen LogP contribution in [0.25, 0.3) is 6.08 Å². The van der Waals surface area contributed by atoms with Crippen LogP contribution in [0.5, 0.6) is 0 Å². The molecule has 1 unspecified atom stereocenters. The second-order valence-electron chi connectivity index (χ2n) is 7.23. The van der Waals surface area contributed by atoms with Crippen LogP contribution in [-0.2, 0) is 0 Å². The van der Waals surface area contributed by atoms with Crippen LogP contribution in [0.1, 0.15) is 47.2 Å². The summed E-state index contributed by atoms with van der Waals surface area (Å²) in [5, 5.41) is 5.07. The highest BCUT2D eigenvalue weighted by Crippen LogP contribution is 2.41. The maximum Gasteiger partial charge on any atom is 0.399 e. The Morgan fingerprint density at radius 3 is 2.29 bits per heavy atom. The van der Waals surface area contributed by atoms with E-state index in [-0.39, 0.29) is 38.9 Å². The fourth-order valence-corrected chi connectivity index (χ4v) is 4.27. The first-order valence-corrected chi connectivity index (χ1v) is 12.1. The van der Waals surface area contributed by atoms with E-state index in [1.165, 1.54) is 6.08 Å². The van der Waals surface area contributed by atoms with E-state index in [9.17, 15) is 22.8 Å². The highest BCUT2D eigenvalue weighted by Gasteiger charge is 2.39. The van der Waals surface area contributed by atoms with Crippen molar-refractivity contribution in [3.63, 3.8) is 0 Å². The molecule has 4 nitrogen and oxygen atoms in total. The molecule has 34 heavy (non-hydrogen) atoms. The number of hydrogen-bond donors (Lipinski definition) is 2. The Morgan fingerprint density at radius 1 is 1.09 bits per heavy atom. The molecule has 2 amide bonds. The SMILES string of the molecule is CCNC(=O)NCCCC(=O)c1ccc(/C=C/C(c2cc(Cl)c(Cl)c(Cl)c2)C(F)(F)F)cc1Br. The van der Waals surface area contributed by atoms with Gasteiger partial charge in [0.05, 0.1) is 21.0 Å². The standard InChI is InChI=1S/C23H21BrCl3F3N2O2/c1-2-31-22(34)32-9-3-4-20(33)15-7-5-13(10-17(15)24)6-8-16(23(28,29)30)14-11-18(25)21(27)19(26)12-14/h5-8,10-12,16H,2-4,9H2,1H3,(H2,31,32,34)/b8-6+. The Labute approximate surface area is 219 Å². The van der Waals surface area contributed by atoms with Crippen molar-refractivity contribution in [2.24, 2.45) is 0 Å². The van der Waals surface area contributed by atoms with Crippen LogP contribution in [-0.4, -0.2) is 31.1 Å². The number of urea groups is 1. The van der Waals surface area contributed by atoms with Crippen LogP contribution in [0.4, 0.5) is 18.0 Å². The molecule has 0 heterocycles. The molecule has 2 aromatic carbocycles. The Kier molecular flexibility index (Phi) is 10.7. The van der Waals surface area contributed by atoms with Gasteiger partial charge in [-0.25, -0.2) is 4.79 Å². The zero-order valence-corrected chi connectivity index (χ0v) is 21.8. The number of allylic oxidation sites excluding steroid dienone is 1. The summed E-state index contributed by atoms with van der Waals surface area (Å²) in [6.07, 6.45) is -1.64. The van der Waals surface area contributed by atoms with Crippen molar-refractivity contribution in [1.29, 1.82) is 0 Å². The predicted molar refractivity (Wildman–Crippen MR) is 134 cm³/mol. The summed E-state index contributed by atoms with van der Waals surface area (Å²) in [5.74, 6) is -2.11. The summed E-state index contributed by atoms with van der Waals surface area (Å²) in [4.78, 5) is 23.8. The number of nitrogens with one attached hydrogen (secondary N) is 2. The van der Waals surface area contributed by atoms with Gasteiger partial charge < -0.3 is 10.6 Å². The molecule has 184 valence electrons. The quantitative estimate of drug-likeness (QED) is 0.174. The first-order chi connectivity index (χ1) is 15.9. The Bertz CT molecular complexity index is 1050. The lowest BCUT2D eigenvalue weighted by Crippen LogP contribution is -2.35. The molecule has 0 fully saturated rings. The minimum absolute atomic E-state index is 0.0128. The molecule has 1 atom stereocenters. The van der Waals surface area contributed by atoms with E-state index >= 15 is 0 Å². The monoisotopic (exact) mass is 598 g/mol. The van der Waals surface area contributed by atoms with Gasteiger partial charge in [-0.1, -0.05) is 69.0 Å². The number of rotatable bonds is 9. The molecule has 0 aromatic heterocycles. The number of amides is 2. The van der Waals surface area contributed by atoms with Crippen LogP contribution in [0, 0.1) is 0 Å². The normalized spacial score (nSPS) is 12.6. The van der Waals surface area contributed by atoms with Gasteiger partial charge >= 0.3 is 12.2 Å². The summed E-state index contributed by atoms with van der Waals surface area (Å²) >= 11 is 21.0. The fraction of sp³-hybridized carbons (Fsp3) is 0.304. The maximum atomic E-state index is 13.7. The van der Waals surface area contributed by atoms with Crippen molar-refractivity contribution in [3.8, 4) is 0 Å². The Hall–Kier alpha value is -1.74. The molecule has 0 radical (unpaired) electrons. The van der Waals surface area contributed by atoms with Gasteiger partial charge in [0, 0.05) is 29.5 Å². The second kappa shape index (κ2) is 12.8. The number of hydrogen-bond acceptors (Lipinski definition) is 2. The smallest absolute Gasteiger partial charge is 0.338 e. The zero-order valence-electron chi connectivity index (χ0n) is 17.9. The minimum atomic E-state index is -4.59. The van der Waals surface area contributed by atoms with Gasteiger partial charge in [0.1, 0.15) is 0 Å². The van der Waals surface area contributed by atoms with E-state index in [1.54, 1.807) is 25.1 Å². The number of carbonyl (C=O) groups excluding carboxylic acids is 2. The number of carbonyl (C=O) groups is 2. The molecular weight excluding hydrogens is 580 g/mol. The lowest BCUT2D eigenvalue weighted by molar-refractivity contribution is -0.139. The largest absolute Gasteiger partial charge is 0.399 e. The third-order valence-corrected chi connectivity index (χ3v) is 6.55. The number of ketones is 1. The van der Waals surface area contributed by atoms with E-state index in [0.717, 1.165) is 18.2 Å². The van der Waals surface area contributed by atoms with Crippen LogP contribution in [0.2, 0.25) is 15.1 Å². The van der Waals surface area contributed by atoms with Crippen molar-refractivity contribution in [2.45, 2.75) is 31.9 Å². The molecule has 2 N–H and O–H groups in total. The first kappa shape index (κ1) is 28.5. The molecule has 2 aromatic rings. The molecule has 11 heteroatoms. The fourth-order valence-electron chi connectivity index (χ4n) is 3.04. The lowest BCUT2D eigenvalue weighted by atomic mass is 9.96. The van der Waals surface area contributed by atoms with Gasteiger partial charge in [-0.15, -0.1) is 0 Å².